The molecule has 2 aromatic carbocycles. The molecule has 3 rings (SSSR count). The number of nitrogens with one attached hydrogen (secondary N) is 2. The van der Waals surface area contributed by atoms with E-state index in [1.54, 1.807) is 13.0 Å². The van der Waals surface area contributed by atoms with E-state index in [2.05, 4.69) is 15.6 Å². The molecule has 5 nitrogen and oxygen atoms in total. The number of carbonyl (C=O) groups is 2. The number of carbonyl (C=O) groups excluding carboxylic acids is 2. The first-order valence-corrected chi connectivity index (χ1v) is 9.42. The van der Waals surface area contributed by atoms with Crippen molar-refractivity contribution in [2.24, 2.45) is 0 Å². The molecule has 3 aromatic rings. The summed E-state index contributed by atoms with van der Waals surface area (Å²) in [6, 6.07) is 17.1. The minimum absolute atomic E-state index is 0.0675. The lowest BCUT2D eigenvalue weighted by atomic mass is 10.1. The molecule has 1 heterocycles. The van der Waals surface area contributed by atoms with Crippen LogP contribution in [-0.4, -0.2) is 16.8 Å². The van der Waals surface area contributed by atoms with Crippen LogP contribution in [0.1, 0.15) is 18.9 Å². The van der Waals surface area contributed by atoms with Gasteiger partial charge in [-0.25, -0.2) is 4.98 Å². The zero-order chi connectivity index (χ0) is 19.1. The molecule has 0 unspecified atom stereocenters. The Morgan fingerprint density at radius 2 is 1.89 bits per heavy atom. The summed E-state index contributed by atoms with van der Waals surface area (Å²) in [5, 5.41) is 8.04. The quantitative estimate of drug-likeness (QED) is 0.606. The van der Waals surface area contributed by atoms with Gasteiger partial charge in [-0.05, 0) is 23.8 Å². The summed E-state index contributed by atoms with van der Waals surface area (Å²) in [6.07, 6.45) is 3.68. The van der Waals surface area contributed by atoms with Gasteiger partial charge in [-0.3, -0.25) is 9.59 Å². The number of aromatic nitrogens is 1. The molecule has 136 valence electrons. The summed E-state index contributed by atoms with van der Waals surface area (Å²) in [5.41, 5.74) is 3.27. The molecular formula is C21H19N3O2S. The number of nitrogens with zero attached hydrogens (tertiary/aromatic N) is 1. The summed E-state index contributed by atoms with van der Waals surface area (Å²) >= 11 is 1.37. The molecule has 0 aliphatic rings. The highest BCUT2D eigenvalue weighted by Crippen LogP contribution is 2.27. The van der Waals surface area contributed by atoms with E-state index in [1.807, 2.05) is 60.0 Å². The maximum Gasteiger partial charge on any atom is 0.248 e. The SMILES string of the molecule is CCC(=O)Nc1nc(-c2cccc(NC(=O)/C=C/c3ccccc3)c2)cs1. The molecule has 6 heteroatoms. The van der Waals surface area contributed by atoms with E-state index in [0.29, 0.717) is 17.2 Å². The van der Waals surface area contributed by atoms with Gasteiger partial charge in [-0.1, -0.05) is 49.4 Å². The second-order valence-corrected chi connectivity index (χ2v) is 6.61. The number of hydrogen-bond donors (Lipinski definition) is 2. The molecule has 0 fully saturated rings. The molecule has 2 N–H and O–H groups in total. The summed E-state index contributed by atoms with van der Waals surface area (Å²) in [7, 11) is 0. The fourth-order valence-corrected chi connectivity index (χ4v) is 3.08. The monoisotopic (exact) mass is 377 g/mol. The van der Waals surface area contributed by atoms with Crippen LogP contribution in [0.2, 0.25) is 0 Å². The molecule has 0 radical (unpaired) electrons. The first kappa shape index (κ1) is 18.5. The van der Waals surface area contributed by atoms with E-state index in [9.17, 15) is 9.59 Å². The minimum Gasteiger partial charge on any atom is -0.322 e. The van der Waals surface area contributed by atoms with Crippen LogP contribution in [-0.2, 0) is 9.59 Å². The predicted molar refractivity (Wildman–Crippen MR) is 111 cm³/mol. The average Bonchev–Trinajstić information content (AvgIpc) is 3.16. The predicted octanol–water partition coefficient (Wildman–Crippen LogP) is 4.81. The molecule has 27 heavy (non-hydrogen) atoms. The summed E-state index contributed by atoms with van der Waals surface area (Å²) in [6.45, 7) is 1.79. The third-order valence-electron chi connectivity index (χ3n) is 3.72. The normalized spacial score (nSPS) is 10.7. The van der Waals surface area contributed by atoms with E-state index in [-0.39, 0.29) is 11.8 Å². The van der Waals surface area contributed by atoms with Crippen molar-refractivity contribution in [2.45, 2.75) is 13.3 Å². The van der Waals surface area contributed by atoms with E-state index >= 15 is 0 Å². The van der Waals surface area contributed by atoms with Gasteiger partial charge in [0.1, 0.15) is 0 Å². The Hall–Kier alpha value is -3.25. The Kier molecular flexibility index (Phi) is 6.12. The molecule has 0 atom stereocenters. The van der Waals surface area contributed by atoms with Crippen LogP contribution in [0.5, 0.6) is 0 Å². The number of hydrogen-bond acceptors (Lipinski definition) is 4. The van der Waals surface area contributed by atoms with Gasteiger partial charge in [-0.2, -0.15) is 0 Å². The maximum atomic E-state index is 12.1. The fraction of sp³-hybridized carbons (Fsp3) is 0.0952. The first-order chi connectivity index (χ1) is 13.1. The third kappa shape index (κ3) is 5.36. The van der Waals surface area contributed by atoms with Crippen LogP contribution in [0.3, 0.4) is 0 Å². The zero-order valence-corrected chi connectivity index (χ0v) is 15.6. The Labute approximate surface area is 161 Å². The van der Waals surface area contributed by atoms with Gasteiger partial charge in [-0.15, -0.1) is 11.3 Å². The van der Waals surface area contributed by atoms with Crippen molar-refractivity contribution in [2.75, 3.05) is 10.6 Å². The van der Waals surface area contributed by atoms with Gasteiger partial charge >= 0.3 is 0 Å². The molecule has 0 bridgehead atoms. The maximum absolute atomic E-state index is 12.1. The Morgan fingerprint density at radius 1 is 1.07 bits per heavy atom. The lowest BCUT2D eigenvalue weighted by Gasteiger charge is -2.04. The van der Waals surface area contributed by atoms with E-state index in [0.717, 1.165) is 16.8 Å². The zero-order valence-electron chi connectivity index (χ0n) is 14.8. The number of rotatable bonds is 6. The highest BCUT2D eigenvalue weighted by Gasteiger charge is 2.08. The average molecular weight is 377 g/mol. The smallest absolute Gasteiger partial charge is 0.248 e. The minimum atomic E-state index is -0.204. The van der Waals surface area contributed by atoms with Crippen molar-refractivity contribution in [1.82, 2.24) is 4.98 Å². The van der Waals surface area contributed by atoms with E-state index < -0.39 is 0 Å². The molecule has 1 aromatic heterocycles. The molecule has 0 saturated carbocycles. The van der Waals surface area contributed by atoms with Gasteiger partial charge in [0.15, 0.2) is 5.13 Å². The van der Waals surface area contributed by atoms with Crippen LogP contribution in [0, 0.1) is 0 Å². The van der Waals surface area contributed by atoms with Crippen molar-refractivity contribution in [3.8, 4) is 11.3 Å². The Bertz CT molecular complexity index is 964. The number of anilines is 2. The summed E-state index contributed by atoms with van der Waals surface area (Å²) in [5.74, 6) is -0.271. The largest absolute Gasteiger partial charge is 0.322 e. The van der Waals surface area contributed by atoms with Crippen molar-refractivity contribution < 1.29 is 9.59 Å². The third-order valence-corrected chi connectivity index (χ3v) is 4.48. The summed E-state index contributed by atoms with van der Waals surface area (Å²) < 4.78 is 0. The van der Waals surface area contributed by atoms with Crippen LogP contribution in [0.4, 0.5) is 10.8 Å². The molecule has 0 saturated heterocycles. The molecular weight excluding hydrogens is 358 g/mol. The first-order valence-electron chi connectivity index (χ1n) is 8.54. The highest BCUT2D eigenvalue weighted by molar-refractivity contribution is 7.14. The summed E-state index contributed by atoms with van der Waals surface area (Å²) in [4.78, 5) is 28.0. The highest BCUT2D eigenvalue weighted by atomic mass is 32.1. The lowest BCUT2D eigenvalue weighted by molar-refractivity contribution is -0.116. The number of thiazole rings is 1. The number of benzene rings is 2. The van der Waals surface area contributed by atoms with Crippen LogP contribution in [0.25, 0.3) is 17.3 Å². The van der Waals surface area contributed by atoms with Crippen LogP contribution in [0.15, 0.2) is 66.1 Å². The van der Waals surface area contributed by atoms with Gasteiger partial charge in [0.05, 0.1) is 5.69 Å². The molecule has 0 aliphatic heterocycles. The van der Waals surface area contributed by atoms with Crippen molar-refractivity contribution in [3.05, 3.63) is 71.6 Å². The van der Waals surface area contributed by atoms with Gasteiger partial charge in [0.25, 0.3) is 0 Å². The van der Waals surface area contributed by atoms with Crippen molar-refractivity contribution >= 4 is 40.0 Å². The molecule has 2 amide bonds. The standard InChI is InChI=1S/C21H19N3O2S/c1-2-19(25)24-21-23-18(14-27-21)16-9-6-10-17(13-16)22-20(26)12-11-15-7-4-3-5-8-15/h3-14H,2H2,1H3,(H,22,26)(H,23,24,25)/b12-11+. The van der Waals surface area contributed by atoms with Gasteiger partial charge < -0.3 is 10.6 Å². The van der Waals surface area contributed by atoms with Crippen LogP contribution >= 0.6 is 11.3 Å². The second kappa shape index (κ2) is 8.91. The van der Waals surface area contributed by atoms with Gasteiger partial charge in [0, 0.05) is 29.1 Å². The van der Waals surface area contributed by atoms with Crippen molar-refractivity contribution in [3.63, 3.8) is 0 Å². The lowest BCUT2D eigenvalue weighted by Crippen LogP contribution is -2.09. The van der Waals surface area contributed by atoms with E-state index in [1.165, 1.54) is 17.4 Å². The fourth-order valence-electron chi connectivity index (χ4n) is 2.35. The van der Waals surface area contributed by atoms with Crippen molar-refractivity contribution in [1.29, 1.82) is 0 Å². The van der Waals surface area contributed by atoms with Gasteiger partial charge in [0.2, 0.25) is 11.8 Å². The second-order valence-electron chi connectivity index (χ2n) is 5.75. The van der Waals surface area contributed by atoms with Crippen LogP contribution < -0.4 is 10.6 Å². The Morgan fingerprint density at radius 3 is 2.67 bits per heavy atom. The molecule has 0 spiro atoms. The topological polar surface area (TPSA) is 71.1 Å². The van der Waals surface area contributed by atoms with E-state index in [4.69, 9.17) is 0 Å². The number of amides is 2. The Balaban J connectivity index is 1.67. The molecule has 0 aliphatic carbocycles.